The number of hydrogen-bond donors (Lipinski definition) is 2. The van der Waals surface area contributed by atoms with Gasteiger partial charge >= 0.3 is 0 Å². The van der Waals surface area contributed by atoms with Crippen LogP contribution in [0.4, 0.5) is 11.4 Å². The van der Waals surface area contributed by atoms with Gasteiger partial charge in [0.15, 0.2) is 0 Å². The number of amides is 1. The third-order valence-electron chi connectivity index (χ3n) is 2.96. The van der Waals surface area contributed by atoms with Crippen LogP contribution in [0.2, 0.25) is 0 Å². The molecule has 0 bridgehead atoms. The number of hydrogen-bond acceptors (Lipinski definition) is 2. The molecule has 3 nitrogen and oxygen atoms in total. The molecule has 2 N–H and O–H groups in total. The number of carbonyl (C=O) groups excluding carboxylic acids is 1. The van der Waals surface area contributed by atoms with Crippen molar-refractivity contribution < 1.29 is 4.79 Å². The summed E-state index contributed by atoms with van der Waals surface area (Å²) in [6.07, 6.45) is 1.02. The first-order chi connectivity index (χ1) is 9.69. The van der Waals surface area contributed by atoms with Gasteiger partial charge in [0.05, 0.1) is 12.2 Å². The van der Waals surface area contributed by atoms with Crippen LogP contribution in [-0.4, -0.2) is 12.5 Å². The number of nitrogens with one attached hydrogen (secondary N) is 2. The fourth-order valence-electron chi connectivity index (χ4n) is 1.80. The molecule has 0 heterocycles. The highest BCUT2D eigenvalue weighted by atomic mass is 127. The number of carbonyl (C=O) groups is 1. The number of anilines is 2. The highest BCUT2D eigenvalue weighted by Crippen LogP contribution is 2.16. The predicted octanol–water partition coefficient (Wildman–Crippen LogP) is 3.90. The van der Waals surface area contributed by atoms with Gasteiger partial charge in [0.25, 0.3) is 0 Å². The largest absolute Gasteiger partial charge is 0.376 e. The smallest absolute Gasteiger partial charge is 0.243 e. The number of aryl methyl sites for hydroxylation is 1. The molecule has 20 heavy (non-hydrogen) atoms. The van der Waals surface area contributed by atoms with E-state index in [2.05, 4.69) is 52.3 Å². The van der Waals surface area contributed by atoms with Gasteiger partial charge in [-0.05, 0) is 58.8 Å². The maximum absolute atomic E-state index is 11.9. The van der Waals surface area contributed by atoms with Gasteiger partial charge in [0.1, 0.15) is 0 Å². The second-order valence-corrected chi connectivity index (χ2v) is 5.59. The van der Waals surface area contributed by atoms with Gasteiger partial charge in [0.2, 0.25) is 5.91 Å². The van der Waals surface area contributed by atoms with E-state index in [1.807, 2.05) is 36.4 Å². The Labute approximate surface area is 132 Å². The quantitative estimate of drug-likeness (QED) is 0.773. The zero-order chi connectivity index (χ0) is 14.4. The highest BCUT2D eigenvalue weighted by molar-refractivity contribution is 14.1. The SMILES string of the molecule is CCc1ccc(NCC(=O)Nc2ccccc2I)cc1. The number of halogens is 1. The third-order valence-corrected chi connectivity index (χ3v) is 3.90. The van der Waals surface area contributed by atoms with Crippen molar-refractivity contribution in [2.24, 2.45) is 0 Å². The Morgan fingerprint density at radius 2 is 1.80 bits per heavy atom. The predicted molar refractivity (Wildman–Crippen MR) is 92.1 cm³/mol. The Kier molecular flexibility index (Phi) is 5.40. The van der Waals surface area contributed by atoms with E-state index in [0.29, 0.717) is 0 Å². The Morgan fingerprint density at radius 1 is 1.10 bits per heavy atom. The molecular weight excluding hydrogens is 363 g/mol. The Bertz CT molecular complexity index is 581. The van der Waals surface area contributed by atoms with Gasteiger partial charge < -0.3 is 10.6 Å². The number of para-hydroxylation sites is 1. The van der Waals surface area contributed by atoms with E-state index in [4.69, 9.17) is 0 Å². The molecule has 4 heteroatoms. The molecule has 0 fully saturated rings. The van der Waals surface area contributed by atoms with Crippen molar-refractivity contribution in [2.75, 3.05) is 17.2 Å². The van der Waals surface area contributed by atoms with Crippen LogP contribution in [0.3, 0.4) is 0 Å². The molecule has 0 atom stereocenters. The zero-order valence-corrected chi connectivity index (χ0v) is 13.5. The van der Waals surface area contributed by atoms with Gasteiger partial charge in [-0.1, -0.05) is 31.2 Å². The monoisotopic (exact) mass is 380 g/mol. The highest BCUT2D eigenvalue weighted by Gasteiger charge is 2.04. The summed E-state index contributed by atoms with van der Waals surface area (Å²) < 4.78 is 1.03. The normalized spacial score (nSPS) is 10.1. The van der Waals surface area contributed by atoms with Gasteiger partial charge in [-0.25, -0.2) is 0 Å². The molecule has 0 radical (unpaired) electrons. The van der Waals surface area contributed by atoms with Crippen LogP contribution in [0.15, 0.2) is 48.5 Å². The number of rotatable bonds is 5. The van der Waals surface area contributed by atoms with Crippen molar-refractivity contribution in [3.63, 3.8) is 0 Å². The molecule has 2 rings (SSSR count). The van der Waals surface area contributed by atoms with E-state index in [-0.39, 0.29) is 12.5 Å². The average Bonchev–Trinajstić information content (AvgIpc) is 2.48. The standard InChI is InChI=1S/C16H17IN2O/c1-2-12-7-9-13(10-8-12)18-11-16(20)19-15-6-4-3-5-14(15)17/h3-10,18H,2,11H2,1H3,(H,19,20). The maximum Gasteiger partial charge on any atom is 0.243 e. The lowest BCUT2D eigenvalue weighted by Gasteiger charge is -2.09. The summed E-state index contributed by atoms with van der Waals surface area (Å²) in [6.45, 7) is 2.38. The first-order valence-corrected chi connectivity index (χ1v) is 7.64. The minimum absolute atomic E-state index is 0.0475. The van der Waals surface area contributed by atoms with E-state index in [9.17, 15) is 4.79 Å². The van der Waals surface area contributed by atoms with Crippen molar-refractivity contribution >= 4 is 39.9 Å². The summed E-state index contributed by atoms with van der Waals surface area (Å²) in [4.78, 5) is 11.9. The second kappa shape index (κ2) is 7.28. The molecular formula is C16H17IN2O. The van der Waals surface area contributed by atoms with Crippen LogP contribution < -0.4 is 10.6 Å². The first kappa shape index (κ1) is 14.8. The molecule has 2 aromatic rings. The summed E-state index contributed by atoms with van der Waals surface area (Å²) in [5.74, 6) is -0.0475. The van der Waals surface area contributed by atoms with Gasteiger partial charge in [-0.2, -0.15) is 0 Å². The Morgan fingerprint density at radius 3 is 2.45 bits per heavy atom. The molecule has 0 aliphatic heterocycles. The molecule has 0 aliphatic rings. The third kappa shape index (κ3) is 4.23. The lowest BCUT2D eigenvalue weighted by atomic mass is 10.1. The van der Waals surface area contributed by atoms with Gasteiger partial charge in [0, 0.05) is 9.26 Å². The lowest BCUT2D eigenvalue weighted by Crippen LogP contribution is -2.22. The lowest BCUT2D eigenvalue weighted by molar-refractivity contribution is -0.114. The minimum atomic E-state index is -0.0475. The molecule has 104 valence electrons. The summed E-state index contributed by atoms with van der Waals surface area (Å²) in [6, 6.07) is 15.9. The molecule has 0 unspecified atom stereocenters. The molecule has 0 aromatic heterocycles. The topological polar surface area (TPSA) is 41.1 Å². The summed E-state index contributed by atoms with van der Waals surface area (Å²) >= 11 is 2.21. The van der Waals surface area contributed by atoms with Crippen LogP contribution in [0, 0.1) is 3.57 Å². The first-order valence-electron chi connectivity index (χ1n) is 6.56. The average molecular weight is 380 g/mol. The van der Waals surface area contributed by atoms with E-state index in [0.717, 1.165) is 21.4 Å². The summed E-state index contributed by atoms with van der Waals surface area (Å²) in [5, 5.41) is 6.02. The Hall–Kier alpha value is -1.56. The molecule has 0 aliphatic carbocycles. The van der Waals surface area contributed by atoms with E-state index in [1.54, 1.807) is 0 Å². The summed E-state index contributed by atoms with van der Waals surface area (Å²) in [5.41, 5.74) is 3.10. The fourth-order valence-corrected chi connectivity index (χ4v) is 2.32. The van der Waals surface area contributed by atoms with Crippen molar-refractivity contribution in [1.29, 1.82) is 0 Å². The van der Waals surface area contributed by atoms with E-state index >= 15 is 0 Å². The van der Waals surface area contributed by atoms with E-state index < -0.39 is 0 Å². The van der Waals surface area contributed by atoms with Gasteiger partial charge in [-0.3, -0.25) is 4.79 Å². The van der Waals surface area contributed by atoms with Crippen molar-refractivity contribution in [2.45, 2.75) is 13.3 Å². The fraction of sp³-hybridized carbons (Fsp3) is 0.188. The molecule has 2 aromatic carbocycles. The molecule has 0 saturated heterocycles. The van der Waals surface area contributed by atoms with Crippen LogP contribution in [0.1, 0.15) is 12.5 Å². The van der Waals surface area contributed by atoms with Crippen LogP contribution >= 0.6 is 22.6 Å². The van der Waals surface area contributed by atoms with Crippen LogP contribution in [0.5, 0.6) is 0 Å². The molecule has 0 spiro atoms. The molecule has 0 saturated carbocycles. The Balaban J connectivity index is 1.87. The molecule has 1 amide bonds. The zero-order valence-electron chi connectivity index (χ0n) is 11.3. The van der Waals surface area contributed by atoms with Crippen LogP contribution in [0.25, 0.3) is 0 Å². The van der Waals surface area contributed by atoms with E-state index in [1.165, 1.54) is 5.56 Å². The second-order valence-electron chi connectivity index (χ2n) is 4.43. The minimum Gasteiger partial charge on any atom is -0.376 e. The summed E-state index contributed by atoms with van der Waals surface area (Å²) in [7, 11) is 0. The van der Waals surface area contributed by atoms with Crippen molar-refractivity contribution in [3.05, 3.63) is 57.7 Å². The van der Waals surface area contributed by atoms with Gasteiger partial charge in [-0.15, -0.1) is 0 Å². The maximum atomic E-state index is 11.9. The number of benzene rings is 2. The van der Waals surface area contributed by atoms with Crippen molar-refractivity contribution in [1.82, 2.24) is 0 Å². The van der Waals surface area contributed by atoms with Crippen LogP contribution in [-0.2, 0) is 11.2 Å². The van der Waals surface area contributed by atoms with Crippen molar-refractivity contribution in [3.8, 4) is 0 Å².